The molecule has 0 fully saturated rings. The maximum absolute atomic E-state index is 11.7. The fraction of sp³-hybridized carbons (Fsp3) is 0.250. The molecule has 182 valence electrons. The second-order valence-corrected chi connectivity index (χ2v) is 9.89. The highest BCUT2D eigenvalue weighted by molar-refractivity contribution is 8.76. The Balaban J connectivity index is 1.81. The summed E-state index contributed by atoms with van der Waals surface area (Å²) < 4.78 is 11.5. The van der Waals surface area contributed by atoms with Gasteiger partial charge in [-0.05, 0) is 48.5 Å². The van der Waals surface area contributed by atoms with Crippen molar-refractivity contribution in [3.8, 4) is 11.5 Å². The van der Waals surface area contributed by atoms with Crippen molar-refractivity contribution in [3.63, 3.8) is 0 Å². The quantitative estimate of drug-likeness (QED) is 0.140. The van der Waals surface area contributed by atoms with Gasteiger partial charge < -0.3 is 31.6 Å². The number of hydrogen-bond acceptors (Lipinski definition) is 8. The van der Waals surface area contributed by atoms with Crippen LogP contribution in [0.25, 0.3) is 0 Å². The lowest BCUT2D eigenvalue weighted by molar-refractivity contribution is -0.119. The maximum Gasteiger partial charge on any atom is 0.221 e. The van der Waals surface area contributed by atoms with Crippen LogP contribution in [-0.2, 0) is 9.59 Å². The summed E-state index contributed by atoms with van der Waals surface area (Å²) in [5.41, 5.74) is 13.2. The molecule has 10 heteroatoms. The van der Waals surface area contributed by atoms with Gasteiger partial charge in [-0.1, -0.05) is 34.7 Å². The second kappa shape index (κ2) is 13.6. The van der Waals surface area contributed by atoms with E-state index in [1.54, 1.807) is 48.5 Å². The molecule has 2 atom stereocenters. The Morgan fingerprint density at radius 3 is 1.97 bits per heavy atom. The number of carbonyl (C=O) groups is 2. The molecule has 2 aromatic rings. The maximum atomic E-state index is 11.7. The van der Waals surface area contributed by atoms with Crippen molar-refractivity contribution in [1.29, 1.82) is 0 Å². The second-order valence-electron chi connectivity index (χ2n) is 7.34. The average molecular weight is 503 g/mol. The summed E-state index contributed by atoms with van der Waals surface area (Å²) >= 11 is 0. The van der Waals surface area contributed by atoms with Crippen molar-refractivity contribution in [2.75, 3.05) is 22.6 Å². The lowest BCUT2D eigenvalue weighted by Crippen LogP contribution is -2.37. The molecule has 8 nitrogen and oxygen atoms in total. The minimum absolute atomic E-state index is 0.154. The monoisotopic (exact) mass is 502 g/mol. The molecule has 0 aliphatic rings. The zero-order valence-corrected chi connectivity index (χ0v) is 20.8. The molecule has 0 aromatic heterocycles. The van der Waals surface area contributed by atoms with Crippen LogP contribution in [-0.4, -0.2) is 35.4 Å². The van der Waals surface area contributed by atoms with E-state index in [1.165, 1.54) is 35.4 Å². The molecule has 0 heterocycles. The molecule has 0 saturated carbocycles. The van der Waals surface area contributed by atoms with Gasteiger partial charge in [0.2, 0.25) is 11.8 Å². The number of rotatable bonds is 13. The number of hydrogen-bond donors (Lipinski definition) is 4. The van der Waals surface area contributed by atoms with E-state index in [9.17, 15) is 9.59 Å². The molecule has 0 aliphatic heterocycles. The number of ether oxygens (including phenoxy) is 2. The van der Waals surface area contributed by atoms with Crippen LogP contribution in [0.2, 0.25) is 0 Å². The van der Waals surface area contributed by atoms with Crippen molar-refractivity contribution >= 4 is 44.8 Å². The van der Waals surface area contributed by atoms with E-state index >= 15 is 0 Å². The molecule has 2 unspecified atom stereocenters. The molecule has 0 aliphatic carbocycles. The van der Waals surface area contributed by atoms with Gasteiger partial charge in [0.05, 0.1) is 12.1 Å². The first-order valence-corrected chi connectivity index (χ1v) is 12.9. The van der Waals surface area contributed by atoms with Gasteiger partial charge >= 0.3 is 0 Å². The Kier molecular flexibility index (Phi) is 10.9. The zero-order valence-electron chi connectivity index (χ0n) is 19.2. The largest absolute Gasteiger partial charge is 0.461 e. The zero-order chi connectivity index (χ0) is 25.1. The first-order valence-electron chi connectivity index (χ1n) is 10.4. The molecular weight excluding hydrogens is 472 g/mol. The highest BCUT2D eigenvalue weighted by Crippen LogP contribution is 2.27. The van der Waals surface area contributed by atoms with E-state index in [-0.39, 0.29) is 17.9 Å². The number of amides is 2. The van der Waals surface area contributed by atoms with Gasteiger partial charge in [0.1, 0.15) is 23.0 Å². The molecule has 34 heavy (non-hydrogen) atoms. The molecule has 6 N–H and O–H groups in total. The third kappa shape index (κ3) is 9.82. The van der Waals surface area contributed by atoms with E-state index in [0.717, 1.165) is 0 Å². The van der Waals surface area contributed by atoms with E-state index in [1.807, 2.05) is 0 Å². The molecular formula is C24H30N4O4S2. The lowest BCUT2D eigenvalue weighted by Gasteiger charge is -2.21. The topological polar surface area (TPSA) is 129 Å². The summed E-state index contributed by atoms with van der Waals surface area (Å²) in [6, 6.07) is 13.1. The standard InChI is InChI=1S/C24H30N4O4S2/c1-15(31-21-9-5-19(25)6-10-21)23(26)13-33-34-14-24(28-18(4)30)16(2)32-22-11-7-20(8-12-22)27-17(3)29/h5-12,23-24H,1-2,13-14,25-26H2,3-4H3,(H,27,29)(H,28,30). The van der Waals surface area contributed by atoms with Crippen LogP contribution in [0.1, 0.15) is 13.8 Å². The van der Waals surface area contributed by atoms with E-state index in [4.69, 9.17) is 20.9 Å². The molecule has 0 bridgehead atoms. The summed E-state index contributed by atoms with van der Waals surface area (Å²) in [5, 5.41) is 5.54. The van der Waals surface area contributed by atoms with Gasteiger partial charge in [-0.25, -0.2) is 0 Å². The number of nitrogens with two attached hydrogens (primary N) is 2. The van der Waals surface area contributed by atoms with Crippen LogP contribution in [0, 0.1) is 0 Å². The number of nitrogens with one attached hydrogen (secondary N) is 2. The van der Waals surface area contributed by atoms with Crippen molar-refractivity contribution in [1.82, 2.24) is 5.32 Å². The molecule has 0 saturated heterocycles. The molecule has 2 amide bonds. The van der Waals surface area contributed by atoms with Crippen LogP contribution in [0.4, 0.5) is 11.4 Å². The van der Waals surface area contributed by atoms with E-state index in [2.05, 4.69) is 23.8 Å². The normalized spacial score (nSPS) is 12.2. The van der Waals surface area contributed by atoms with Crippen molar-refractivity contribution in [2.45, 2.75) is 25.9 Å². The molecule has 2 aromatic carbocycles. The number of benzene rings is 2. The summed E-state index contributed by atoms with van der Waals surface area (Å²) in [6.45, 7) is 10.8. The summed E-state index contributed by atoms with van der Waals surface area (Å²) in [6.07, 6.45) is 0. The van der Waals surface area contributed by atoms with E-state index < -0.39 is 6.04 Å². The van der Waals surface area contributed by atoms with E-state index in [0.29, 0.717) is 45.9 Å². The lowest BCUT2D eigenvalue weighted by atomic mass is 10.2. The van der Waals surface area contributed by atoms with Gasteiger partial charge in [0.25, 0.3) is 0 Å². The fourth-order valence-corrected chi connectivity index (χ4v) is 4.94. The Labute approximate surface area is 207 Å². The summed E-state index contributed by atoms with van der Waals surface area (Å²) in [4.78, 5) is 22.8. The first-order chi connectivity index (χ1) is 16.1. The summed E-state index contributed by atoms with van der Waals surface area (Å²) in [5.74, 6) is 2.75. The SMILES string of the molecule is C=C(Oc1ccc(N)cc1)C(N)CSSCC(NC(C)=O)C(=C)Oc1ccc(NC(C)=O)cc1. The first kappa shape index (κ1) is 27.2. The summed E-state index contributed by atoms with van der Waals surface area (Å²) in [7, 11) is 3.06. The Bertz CT molecular complexity index is 997. The number of nitrogen functional groups attached to an aromatic ring is 1. The Morgan fingerprint density at radius 2 is 1.41 bits per heavy atom. The predicted octanol–water partition coefficient (Wildman–Crippen LogP) is 3.93. The number of anilines is 2. The van der Waals surface area contributed by atoms with Crippen molar-refractivity contribution in [2.24, 2.45) is 5.73 Å². The van der Waals surface area contributed by atoms with Crippen LogP contribution in [0.3, 0.4) is 0 Å². The molecule has 0 radical (unpaired) electrons. The van der Waals surface area contributed by atoms with Crippen LogP contribution >= 0.6 is 21.6 Å². The molecule has 2 rings (SSSR count). The highest BCUT2D eigenvalue weighted by atomic mass is 33.1. The van der Waals surface area contributed by atoms with Crippen molar-refractivity contribution in [3.05, 3.63) is 73.2 Å². The highest BCUT2D eigenvalue weighted by Gasteiger charge is 2.18. The minimum Gasteiger partial charge on any atom is -0.461 e. The number of carbonyl (C=O) groups excluding carboxylic acids is 2. The van der Waals surface area contributed by atoms with Crippen LogP contribution in [0.15, 0.2) is 73.2 Å². The van der Waals surface area contributed by atoms with Gasteiger partial charge in [-0.15, -0.1) is 0 Å². The Morgan fingerprint density at radius 1 is 0.882 bits per heavy atom. The third-order valence-electron chi connectivity index (χ3n) is 4.30. The third-order valence-corrected chi connectivity index (χ3v) is 6.75. The van der Waals surface area contributed by atoms with Gasteiger partial charge in [0.15, 0.2) is 0 Å². The van der Waals surface area contributed by atoms with Gasteiger partial charge in [-0.2, -0.15) is 0 Å². The Hall–Kier alpha value is -3.08. The fourth-order valence-electron chi connectivity index (χ4n) is 2.59. The van der Waals surface area contributed by atoms with Crippen LogP contribution < -0.4 is 31.6 Å². The van der Waals surface area contributed by atoms with Crippen LogP contribution in [0.5, 0.6) is 11.5 Å². The van der Waals surface area contributed by atoms with Gasteiger partial charge in [-0.3, -0.25) is 9.59 Å². The van der Waals surface area contributed by atoms with Crippen molar-refractivity contribution < 1.29 is 19.1 Å². The molecule has 0 spiro atoms. The average Bonchev–Trinajstić information content (AvgIpc) is 2.77. The predicted molar refractivity (Wildman–Crippen MR) is 142 cm³/mol. The smallest absolute Gasteiger partial charge is 0.221 e. The van der Waals surface area contributed by atoms with Gasteiger partial charge in [0, 0.05) is 36.7 Å². The minimum atomic E-state index is -0.407.